The molecule has 0 saturated heterocycles. The van der Waals surface area contributed by atoms with Crippen molar-refractivity contribution >= 4 is 27.6 Å². The zero-order valence-corrected chi connectivity index (χ0v) is 8.94. The molecule has 0 bridgehead atoms. The van der Waals surface area contributed by atoms with Crippen LogP contribution in [0.3, 0.4) is 0 Å². The van der Waals surface area contributed by atoms with Gasteiger partial charge in [-0.1, -0.05) is 0 Å². The summed E-state index contributed by atoms with van der Waals surface area (Å²) in [4.78, 5) is 23.1. The van der Waals surface area contributed by atoms with Gasteiger partial charge in [0.15, 0.2) is 5.69 Å². The third-order valence-electron chi connectivity index (χ3n) is 1.62. The van der Waals surface area contributed by atoms with Gasteiger partial charge < -0.3 is 5.11 Å². The maximum absolute atomic E-state index is 12.4. The normalized spacial score (nSPS) is 10.5. The molecule has 0 spiro atoms. The summed E-state index contributed by atoms with van der Waals surface area (Å²) in [6.07, 6.45) is -3.15. The number of hydrogen-bond acceptors (Lipinski definition) is 4. The summed E-state index contributed by atoms with van der Waals surface area (Å²) >= 11 is 2.65. The van der Waals surface area contributed by atoms with Gasteiger partial charge in [-0.25, -0.2) is 18.6 Å². The van der Waals surface area contributed by atoms with Crippen molar-refractivity contribution in [3.63, 3.8) is 0 Å². The van der Waals surface area contributed by atoms with Gasteiger partial charge in [-0.3, -0.25) is 10.1 Å². The summed E-state index contributed by atoms with van der Waals surface area (Å²) in [5, 5.41) is 19.1. The number of aromatic carboxylic acids is 1. The topological polar surface area (TPSA) is 93.3 Å². The van der Waals surface area contributed by atoms with Gasteiger partial charge in [0.1, 0.15) is 4.60 Å². The van der Waals surface area contributed by atoms with Crippen LogP contribution < -0.4 is 0 Å². The van der Waals surface area contributed by atoms with E-state index in [2.05, 4.69) is 20.9 Å². The number of rotatable bonds is 3. The Morgan fingerprint density at radius 3 is 2.56 bits per heavy atom. The minimum absolute atomic E-state index is 0.374. The predicted octanol–water partition coefficient (Wildman–Crippen LogP) is 2.39. The smallest absolute Gasteiger partial charge is 0.338 e. The van der Waals surface area contributed by atoms with Crippen molar-refractivity contribution in [2.75, 3.05) is 0 Å². The highest BCUT2D eigenvalue weighted by atomic mass is 79.9. The molecule has 0 aliphatic heterocycles. The summed E-state index contributed by atoms with van der Waals surface area (Å²) in [7, 11) is 0. The molecule has 1 heterocycles. The summed E-state index contributed by atoms with van der Waals surface area (Å²) in [6, 6.07) is 0.543. The highest BCUT2D eigenvalue weighted by Crippen LogP contribution is 2.30. The lowest BCUT2D eigenvalue weighted by molar-refractivity contribution is -0.386. The Balaban J connectivity index is 3.49. The van der Waals surface area contributed by atoms with E-state index in [0.717, 1.165) is 0 Å². The highest BCUT2D eigenvalue weighted by Gasteiger charge is 2.27. The Morgan fingerprint density at radius 1 is 1.62 bits per heavy atom. The van der Waals surface area contributed by atoms with Gasteiger partial charge >= 0.3 is 5.97 Å². The zero-order chi connectivity index (χ0) is 12.5. The van der Waals surface area contributed by atoms with E-state index in [1.807, 2.05) is 0 Å². The van der Waals surface area contributed by atoms with E-state index in [4.69, 9.17) is 5.11 Å². The van der Waals surface area contributed by atoms with Gasteiger partial charge in [0, 0.05) is 6.07 Å². The van der Waals surface area contributed by atoms with Gasteiger partial charge in [-0.05, 0) is 15.9 Å². The number of pyridine rings is 1. The van der Waals surface area contributed by atoms with Crippen LogP contribution in [0.5, 0.6) is 0 Å². The maximum atomic E-state index is 12.4. The third kappa shape index (κ3) is 2.30. The van der Waals surface area contributed by atoms with Crippen molar-refractivity contribution in [1.82, 2.24) is 4.98 Å². The summed E-state index contributed by atoms with van der Waals surface area (Å²) in [5.74, 6) is -1.50. The number of nitrogens with zero attached hydrogens (tertiary/aromatic N) is 2. The van der Waals surface area contributed by atoms with Gasteiger partial charge in [0.25, 0.3) is 12.1 Å². The number of carboxylic acids is 1. The number of nitro groups is 1. The van der Waals surface area contributed by atoms with Crippen LogP contribution >= 0.6 is 15.9 Å². The minimum Gasteiger partial charge on any atom is -0.478 e. The second kappa shape index (κ2) is 4.47. The largest absolute Gasteiger partial charge is 0.478 e. The first kappa shape index (κ1) is 12.4. The predicted molar refractivity (Wildman–Crippen MR) is 50.5 cm³/mol. The molecule has 6 nitrogen and oxygen atoms in total. The molecule has 1 rings (SSSR count). The quantitative estimate of drug-likeness (QED) is 0.525. The molecule has 0 fully saturated rings. The average molecular weight is 297 g/mol. The lowest BCUT2D eigenvalue weighted by Gasteiger charge is -2.03. The van der Waals surface area contributed by atoms with Crippen LogP contribution in [0.4, 0.5) is 14.5 Å². The van der Waals surface area contributed by atoms with Gasteiger partial charge in [-0.15, -0.1) is 0 Å². The van der Waals surface area contributed by atoms with Crippen LogP contribution in [-0.2, 0) is 0 Å². The van der Waals surface area contributed by atoms with Gasteiger partial charge in [-0.2, -0.15) is 0 Å². The fourth-order valence-corrected chi connectivity index (χ4v) is 1.43. The monoisotopic (exact) mass is 296 g/mol. The highest BCUT2D eigenvalue weighted by molar-refractivity contribution is 9.10. The zero-order valence-electron chi connectivity index (χ0n) is 7.35. The second-order valence-corrected chi connectivity index (χ2v) is 3.35. The molecule has 0 radical (unpaired) electrons. The Kier molecular flexibility index (Phi) is 3.48. The van der Waals surface area contributed by atoms with E-state index in [0.29, 0.717) is 6.07 Å². The molecule has 9 heteroatoms. The summed E-state index contributed by atoms with van der Waals surface area (Å²) in [6.45, 7) is 0. The molecule has 1 N–H and O–H groups in total. The van der Waals surface area contributed by atoms with E-state index < -0.39 is 34.3 Å². The van der Waals surface area contributed by atoms with Crippen LogP contribution in [-0.4, -0.2) is 21.0 Å². The molecular weight excluding hydrogens is 294 g/mol. The van der Waals surface area contributed by atoms with E-state index in [-0.39, 0.29) is 4.60 Å². The molecule has 0 unspecified atom stereocenters. The number of halogens is 3. The van der Waals surface area contributed by atoms with E-state index in [9.17, 15) is 23.7 Å². The fraction of sp³-hybridized carbons (Fsp3) is 0.143. The standard InChI is InChI=1S/C7H3BrF2N2O4/c8-5-2(7(13)14)1-3(12(15)16)4(11-5)6(9)10/h1,6H,(H,13,14). The molecule has 0 aliphatic carbocycles. The number of hydrogen-bond donors (Lipinski definition) is 1. The Morgan fingerprint density at radius 2 is 2.19 bits per heavy atom. The van der Waals surface area contributed by atoms with Crippen molar-refractivity contribution in [2.24, 2.45) is 0 Å². The van der Waals surface area contributed by atoms with E-state index in [1.165, 1.54) is 0 Å². The van der Waals surface area contributed by atoms with Crippen molar-refractivity contribution < 1.29 is 23.6 Å². The Bertz CT molecular complexity index is 466. The molecule has 0 aliphatic rings. The first-order chi connectivity index (χ1) is 7.34. The molecule has 0 saturated carbocycles. The Hall–Kier alpha value is -1.64. The van der Waals surface area contributed by atoms with E-state index in [1.54, 1.807) is 0 Å². The SMILES string of the molecule is O=C(O)c1cc([N+](=O)[O-])c(C(F)F)nc1Br. The third-order valence-corrected chi connectivity index (χ3v) is 2.22. The summed E-state index contributed by atoms with van der Waals surface area (Å²) < 4.78 is 24.4. The van der Waals surface area contributed by atoms with Crippen molar-refractivity contribution in [2.45, 2.75) is 6.43 Å². The maximum Gasteiger partial charge on any atom is 0.338 e. The van der Waals surface area contributed by atoms with Crippen molar-refractivity contribution in [3.8, 4) is 0 Å². The van der Waals surface area contributed by atoms with Gasteiger partial charge in [0.2, 0.25) is 0 Å². The van der Waals surface area contributed by atoms with Crippen LogP contribution in [0.25, 0.3) is 0 Å². The average Bonchev–Trinajstić information content (AvgIpc) is 2.15. The van der Waals surface area contributed by atoms with Crippen molar-refractivity contribution in [3.05, 3.63) is 32.0 Å². The fourth-order valence-electron chi connectivity index (χ4n) is 0.950. The van der Waals surface area contributed by atoms with Crippen LogP contribution in [0.15, 0.2) is 10.7 Å². The number of carbonyl (C=O) groups is 1. The lowest BCUT2D eigenvalue weighted by Crippen LogP contribution is -2.06. The van der Waals surface area contributed by atoms with Crippen LogP contribution in [0.1, 0.15) is 22.5 Å². The lowest BCUT2D eigenvalue weighted by atomic mass is 10.2. The molecular formula is C7H3BrF2N2O4. The number of carboxylic acid groups (broad SMARTS) is 1. The number of alkyl halides is 2. The van der Waals surface area contributed by atoms with Crippen LogP contribution in [0, 0.1) is 10.1 Å². The molecule has 0 atom stereocenters. The molecule has 0 amide bonds. The minimum atomic E-state index is -3.15. The molecule has 1 aromatic heterocycles. The van der Waals surface area contributed by atoms with E-state index >= 15 is 0 Å². The van der Waals surface area contributed by atoms with Crippen molar-refractivity contribution in [1.29, 1.82) is 0 Å². The first-order valence-electron chi connectivity index (χ1n) is 3.71. The molecule has 0 aromatic carbocycles. The van der Waals surface area contributed by atoms with Gasteiger partial charge in [0.05, 0.1) is 10.5 Å². The first-order valence-corrected chi connectivity index (χ1v) is 4.50. The van der Waals surface area contributed by atoms with Crippen LogP contribution in [0.2, 0.25) is 0 Å². The summed E-state index contributed by atoms with van der Waals surface area (Å²) in [5.41, 5.74) is -2.63. The molecule has 16 heavy (non-hydrogen) atoms. The Labute approximate surface area is 95.2 Å². The molecule has 86 valence electrons. The second-order valence-electron chi connectivity index (χ2n) is 2.59. The number of aromatic nitrogens is 1. The molecule has 1 aromatic rings.